The van der Waals surface area contributed by atoms with Crippen molar-refractivity contribution in [2.45, 2.75) is 20.3 Å². The Kier molecular flexibility index (Phi) is 12.0. The molecule has 0 aromatic carbocycles. The quantitative estimate of drug-likeness (QED) is 0.707. The molecule has 1 aliphatic heterocycles. The molecular formula is C16H29Cl2N5O2S. The molecule has 10 heteroatoms. The molecule has 2 N–H and O–H groups in total. The van der Waals surface area contributed by atoms with Gasteiger partial charge in [-0.05, 0) is 20.4 Å². The van der Waals surface area contributed by atoms with Crippen molar-refractivity contribution in [3.63, 3.8) is 0 Å². The minimum Gasteiger partial charge on any atom is -0.342 e. The molecule has 1 saturated heterocycles. The SMILES string of the molecule is CCN(CC)C(=O)CN1CCN(C(=O)c2csc(CCN)n2)CC1.Cl.Cl. The zero-order valence-electron chi connectivity index (χ0n) is 15.3. The third-order valence-corrected chi connectivity index (χ3v) is 5.17. The van der Waals surface area contributed by atoms with Gasteiger partial charge in [0.25, 0.3) is 5.91 Å². The van der Waals surface area contributed by atoms with Crippen molar-refractivity contribution >= 4 is 48.0 Å². The minimum absolute atomic E-state index is 0. The van der Waals surface area contributed by atoms with E-state index in [1.807, 2.05) is 29.0 Å². The highest BCUT2D eigenvalue weighted by Gasteiger charge is 2.25. The molecule has 2 heterocycles. The van der Waals surface area contributed by atoms with Crippen LogP contribution in [0.3, 0.4) is 0 Å². The van der Waals surface area contributed by atoms with Crippen molar-refractivity contribution in [3.05, 3.63) is 16.1 Å². The number of thiazole rings is 1. The number of aromatic nitrogens is 1. The lowest BCUT2D eigenvalue weighted by Gasteiger charge is -2.34. The second-order valence-electron chi connectivity index (χ2n) is 5.80. The molecule has 2 amide bonds. The number of nitrogens with two attached hydrogens (primary N) is 1. The van der Waals surface area contributed by atoms with Gasteiger partial charge in [-0.1, -0.05) is 0 Å². The Morgan fingerprint density at radius 1 is 1.19 bits per heavy atom. The van der Waals surface area contributed by atoms with Crippen molar-refractivity contribution < 1.29 is 9.59 Å². The summed E-state index contributed by atoms with van der Waals surface area (Å²) >= 11 is 1.48. The lowest BCUT2D eigenvalue weighted by atomic mass is 10.2. The molecule has 0 atom stereocenters. The Hall–Kier alpha value is -0.930. The van der Waals surface area contributed by atoms with Crippen LogP contribution in [0.25, 0.3) is 0 Å². The predicted molar refractivity (Wildman–Crippen MR) is 110 cm³/mol. The van der Waals surface area contributed by atoms with Gasteiger partial charge < -0.3 is 15.5 Å². The Morgan fingerprint density at radius 3 is 2.35 bits per heavy atom. The summed E-state index contributed by atoms with van der Waals surface area (Å²) in [5.41, 5.74) is 6.03. The van der Waals surface area contributed by atoms with Crippen LogP contribution >= 0.6 is 36.2 Å². The number of carbonyl (C=O) groups is 2. The first-order chi connectivity index (χ1) is 11.6. The van der Waals surface area contributed by atoms with E-state index in [-0.39, 0.29) is 36.6 Å². The molecule has 0 saturated carbocycles. The van der Waals surface area contributed by atoms with E-state index in [9.17, 15) is 9.59 Å². The van der Waals surface area contributed by atoms with Crippen molar-refractivity contribution in [2.24, 2.45) is 5.73 Å². The monoisotopic (exact) mass is 425 g/mol. The van der Waals surface area contributed by atoms with Crippen molar-refractivity contribution in [1.29, 1.82) is 0 Å². The number of amides is 2. The first kappa shape index (κ1) is 25.1. The van der Waals surface area contributed by atoms with Crippen LogP contribution in [0.5, 0.6) is 0 Å². The molecule has 1 aromatic rings. The van der Waals surface area contributed by atoms with Gasteiger partial charge in [0.1, 0.15) is 5.69 Å². The molecule has 1 fully saturated rings. The molecule has 1 aliphatic rings. The molecule has 26 heavy (non-hydrogen) atoms. The second-order valence-corrected chi connectivity index (χ2v) is 6.74. The number of halogens is 2. The number of hydrogen-bond acceptors (Lipinski definition) is 6. The van der Waals surface area contributed by atoms with Crippen LogP contribution in [0.15, 0.2) is 5.38 Å². The maximum absolute atomic E-state index is 12.5. The summed E-state index contributed by atoms with van der Waals surface area (Å²) in [5.74, 6) is 0.134. The van der Waals surface area contributed by atoms with Crippen molar-refractivity contribution in [2.75, 3.05) is 52.4 Å². The van der Waals surface area contributed by atoms with E-state index in [0.717, 1.165) is 31.2 Å². The summed E-state index contributed by atoms with van der Waals surface area (Å²) in [4.78, 5) is 34.8. The average molecular weight is 426 g/mol. The van der Waals surface area contributed by atoms with Crippen LogP contribution in [0.2, 0.25) is 0 Å². The van der Waals surface area contributed by atoms with Gasteiger partial charge in [0, 0.05) is 51.1 Å². The minimum atomic E-state index is -0.0239. The average Bonchev–Trinajstić information content (AvgIpc) is 3.05. The molecule has 150 valence electrons. The topological polar surface area (TPSA) is 82.8 Å². The summed E-state index contributed by atoms with van der Waals surface area (Å²) < 4.78 is 0. The molecule has 0 unspecified atom stereocenters. The lowest BCUT2D eigenvalue weighted by molar-refractivity contribution is -0.132. The highest BCUT2D eigenvalue weighted by molar-refractivity contribution is 7.09. The number of hydrogen-bond donors (Lipinski definition) is 1. The smallest absolute Gasteiger partial charge is 0.273 e. The normalized spacial score (nSPS) is 14.3. The van der Waals surface area contributed by atoms with Gasteiger partial charge in [-0.15, -0.1) is 36.2 Å². The summed E-state index contributed by atoms with van der Waals surface area (Å²) in [6.45, 7) is 9.14. The standard InChI is InChI=1S/C16H27N5O2S.2ClH/c1-3-20(4-2)15(22)11-19-7-9-21(10-8-19)16(23)13-12-24-14(18-13)5-6-17;;/h12H,3-11,17H2,1-2H3;2*1H. The van der Waals surface area contributed by atoms with Gasteiger partial charge in [0.15, 0.2) is 0 Å². The summed E-state index contributed by atoms with van der Waals surface area (Å²) in [6, 6.07) is 0. The molecule has 1 aromatic heterocycles. The highest BCUT2D eigenvalue weighted by Crippen LogP contribution is 2.14. The fourth-order valence-electron chi connectivity index (χ4n) is 2.79. The Balaban J connectivity index is 0.00000312. The maximum atomic E-state index is 12.5. The zero-order chi connectivity index (χ0) is 17.5. The summed E-state index contributed by atoms with van der Waals surface area (Å²) in [7, 11) is 0. The van der Waals surface area contributed by atoms with Gasteiger partial charge in [-0.25, -0.2) is 4.98 Å². The predicted octanol–water partition coefficient (Wildman–Crippen LogP) is 1.11. The van der Waals surface area contributed by atoms with Crippen molar-refractivity contribution in [3.8, 4) is 0 Å². The van der Waals surface area contributed by atoms with Gasteiger partial charge in [-0.2, -0.15) is 0 Å². The second kappa shape index (κ2) is 12.5. The fraction of sp³-hybridized carbons (Fsp3) is 0.688. The van der Waals surface area contributed by atoms with Crippen LogP contribution in [0.1, 0.15) is 29.3 Å². The van der Waals surface area contributed by atoms with Crippen molar-refractivity contribution in [1.82, 2.24) is 19.7 Å². The van der Waals surface area contributed by atoms with E-state index >= 15 is 0 Å². The van der Waals surface area contributed by atoms with E-state index in [1.165, 1.54) is 11.3 Å². The zero-order valence-corrected chi connectivity index (χ0v) is 17.8. The molecule has 2 rings (SSSR count). The molecule has 0 spiro atoms. The Bertz CT molecular complexity index is 561. The van der Waals surface area contributed by atoms with Gasteiger partial charge >= 0.3 is 0 Å². The lowest BCUT2D eigenvalue weighted by Crippen LogP contribution is -2.51. The fourth-order valence-corrected chi connectivity index (χ4v) is 3.57. The number of nitrogens with zero attached hydrogens (tertiary/aromatic N) is 4. The third kappa shape index (κ3) is 6.66. The highest BCUT2D eigenvalue weighted by atomic mass is 35.5. The van der Waals surface area contributed by atoms with Crippen LogP contribution in [0, 0.1) is 0 Å². The number of rotatable bonds is 7. The Morgan fingerprint density at radius 2 is 1.81 bits per heavy atom. The van der Waals surface area contributed by atoms with Gasteiger partial charge in [-0.3, -0.25) is 14.5 Å². The van der Waals surface area contributed by atoms with E-state index in [0.29, 0.717) is 38.3 Å². The summed E-state index contributed by atoms with van der Waals surface area (Å²) in [5, 5.41) is 2.72. The third-order valence-electron chi connectivity index (χ3n) is 4.26. The maximum Gasteiger partial charge on any atom is 0.273 e. The van der Waals surface area contributed by atoms with E-state index in [2.05, 4.69) is 9.88 Å². The van der Waals surface area contributed by atoms with Gasteiger partial charge in [0.05, 0.1) is 11.6 Å². The van der Waals surface area contributed by atoms with Gasteiger partial charge in [0.2, 0.25) is 5.91 Å². The first-order valence-electron chi connectivity index (χ1n) is 8.52. The Labute approximate surface area is 171 Å². The molecular weight excluding hydrogens is 397 g/mol. The first-order valence-corrected chi connectivity index (χ1v) is 9.40. The number of carbonyl (C=O) groups excluding carboxylic acids is 2. The van der Waals surface area contributed by atoms with E-state index in [1.54, 1.807) is 0 Å². The van der Waals surface area contributed by atoms with Crippen LogP contribution in [0.4, 0.5) is 0 Å². The summed E-state index contributed by atoms with van der Waals surface area (Å²) in [6.07, 6.45) is 0.708. The number of piperazine rings is 1. The molecule has 7 nitrogen and oxygen atoms in total. The number of likely N-dealkylation sites (N-methyl/N-ethyl adjacent to an activating group) is 1. The van der Waals surface area contributed by atoms with Crippen LogP contribution in [-0.4, -0.2) is 83.9 Å². The molecule has 0 aliphatic carbocycles. The molecule has 0 radical (unpaired) electrons. The largest absolute Gasteiger partial charge is 0.342 e. The van der Waals surface area contributed by atoms with E-state index < -0.39 is 0 Å². The molecule has 0 bridgehead atoms. The van der Waals surface area contributed by atoms with E-state index in [4.69, 9.17) is 5.73 Å². The van der Waals surface area contributed by atoms with Crippen LogP contribution in [-0.2, 0) is 11.2 Å². The van der Waals surface area contributed by atoms with Crippen LogP contribution < -0.4 is 5.73 Å².